The van der Waals surface area contributed by atoms with Gasteiger partial charge in [0.2, 0.25) is 11.8 Å². The van der Waals surface area contributed by atoms with E-state index in [1.807, 2.05) is 158 Å². The number of para-hydroxylation sites is 2. The molecule has 2 N–H and O–H groups in total. The zero-order valence-electron chi connectivity index (χ0n) is 41.5. The van der Waals surface area contributed by atoms with E-state index in [1.54, 1.807) is 0 Å². The lowest BCUT2D eigenvalue weighted by Gasteiger charge is -2.21. The average molecular weight is 801 g/mol. The molecule has 0 aromatic heterocycles. The van der Waals surface area contributed by atoms with Gasteiger partial charge in [0.15, 0.2) is 0 Å². The fourth-order valence-corrected chi connectivity index (χ4v) is 3.83. The highest BCUT2D eigenvalue weighted by atomic mass is 16.2. The number of aryl methyl sites for hydroxylation is 2. The number of anilines is 2. The summed E-state index contributed by atoms with van der Waals surface area (Å²) in [5, 5.41) is 5.79. The normalized spacial score (nSPS) is 9.24. The fraction of sp³-hybridized carbons (Fsp3) is 0.519. The molecule has 0 saturated carbocycles. The molecule has 4 aromatic rings. The van der Waals surface area contributed by atoms with Crippen LogP contribution in [0.5, 0.6) is 0 Å². The molecule has 0 aliphatic carbocycles. The largest absolute Gasteiger partial charge is 0.326 e. The smallest absolute Gasteiger partial charge is 0.230 e. The van der Waals surface area contributed by atoms with Crippen LogP contribution in [0.25, 0.3) is 11.1 Å². The van der Waals surface area contributed by atoms with Gasteiger partial charge in [-0.15, -0.1) is 0 Å². The number of benzene rings is 4. The summed E-state index contributed by atoms with van der Waals surface area (Å²) in [4.78, 5) is 23.5. The summed E-state index contributed by atoms with van der Waals surface area (Å²) >= 11 is 0. The third-order valence-corrected chi connectivity index (χ3v) is 8.12. The number of nitrogens with one attached hydrogen (secondary N) is 2. The highest BCUT2D eigenvalue weighted by molar-refractivity contribution is 5.95. The lowest BCUT2D eigenvalue weighted by molar-refractivity contribution is -0.124. The molecule has 4 rings (SSSR count). The maximum atomic E-state index is 11.8. The Morgan fingerprint density at radius 2 is 0.621 bits per heavy atom. The van der Waals surface area contributed by atoms with Crippen LogP contribution in [0.3, 0.4) is 0 Å². The van der Waals surface area contributed by atoms with Crippen molar-refractivity contribution < 1.29 is 9.59 Å². The van der Waals surface area contributed by atoms with Gasteiger partial charge in [0.25, 0.3) is 0 Å². The second-order valence-corrected chi connectivity index (χ2v) is 13.6. The summed E-state index contributed by atoms with van der Waals surface area (Å²) in [6, 6.07) is 36.8. The molecule has 2 amide bonds. The number of hydrogen-bond acceptors (Lipinski definition) is 2. The number of carbonyl (C=O) groups excluding carboxylic acids is 2. The Morgan fingerprint density at radius 3 is 0.810 bits per heavy atom. The summed E-state index contributed by atoms with van der Waals surface area (Å²) in [6.45, 7) is 40.7. The minimum atomic E-state index is -0.296. The highest BCUT2D eigenvalue weighted by Crippen LogP contribution is 2.23. The first-order valence-corrected chi connectivity index (χ1v) is 22.7. The van der Waals surface area contributed by atoms with Crippen LogP contribution >= 0.6 is 0 Å². The topological polar surface area (TPSA) is 58.2 Å². The predicted octanol–water partition coefficient (Wildman–Crippen LogP) is 17.5. The molecule has 0 saturated heterocycles. The van der Waals surface area contributed by atoms with Crippen LogP contribution in [0, 0.1) is 10.8 Å². The molecule has 0 aliphatic rings. The van der Waals surface area contributed by atoms with Crippen LogP contribution in [-0.2, 0) is 22.4 Å². The molecule has 0 fully saturated rings. The van der Waals surface area contributed by atoms with Crippen molar-refractivity contribution in [1.29, 1.82) is 0 Å². The molecule has 0 bridgehead atoms. The van der Waals surface area contributed by atoms with Crippen molar-refractivity contribution in [3.8, 4) is 11.1 Å². The molecule has 330 valence electrons. The zero-order valence-corrected chi connectivity index (χ0v) is 41.5. The Morgan fingerprint density at radius 1 is 0.397 bits per heavy atom. The Labute approximate surface area is 361 Å². The van der Waals surface area contributed by atoms with Gasteiger partial charge in [-0.3, -0.25) is 9.59 Å². The summed E-state index contributed by atoms with van der Waals surface area (Å²) in [5.74, 6) is 0.150. The summed E-state index contributed by atoms with van der Waals surface area (Å²) < 4.78 is 0. The molecule has 0 radical (unpaired) electrons. The molecule has 0 aliphatic heterocycles. The molecule has 4 heteroatoms. The Kier molecular flexibility index (Phi) is 46.1. The van der Waals surface area contributed by atoms with Gasteiger partial charge in [-0.2, -0.15) is 0 Å². The minimum absolute atomic E-state index is 0.0752. The Hall–Kier alpha value is -4.18. The molecular formula is C54H92N2O2. The van der Waals surface area contributed by atoms with E-state index in [0.717, 1.165) is 37.1 Å². The van der Waals surface area contributed by atoms with E-state index in [4.69, 9.17) is 0 Å². The maximum Gasteiger partial charge on any atom is 0.230 e. The van der Waals surface area contributed by atoms with Gasteiger partial charge < -0.3 is 10.6 Å². The van der Waals surface area contributed by atoms with Crippen LogP contribution in [-0.4, -0.2) is 11.8 Å². The Balaban J connectivity index is -0.000000209. The first kappa shape index (κ1) is 63.0. The lowest BCUT2D eigenvalue weighted by Crippen LogP contribution is -2.29. The predicted molar refractivity (Wildman–Crippen MR) is 266 cm³/mol. The van der Waals surface area contributed by atoms with Gasteiger partial charge in [0.05, 0.1) is 0 Å². The molecule has 0 unspecified atom stereocenters. The van der Waals surface area contributed by atoms with Crippen molar-refractivity contribution >= 4 is 23.2 Å². The fourth-order valence-electron chi connectivity index (χ4n) is 3.83. The van der Waals surface area contributed by atoms with Crippen molar-refractivity contribution in [2.24, 2.45) is 10.8 Å². The van der Waals surface area contributed by atoms with E-state index in [1.165, 1.54) is 35.1 Å². The molecule has 4 aromatic carbocycles. The van der Waals surface area contributed by atoms with Gasteiger partial charge in [0.1, 0.15) is 0 Å². The molecule has 0 heterocycles. The van der Waals surface area contributed by atoms with Gasteiger partial charge in [-0.05, 0) is 72.2 Å². The summed E-state index contributed by atoms with van der Waals surface area (Å²) in [7, 11) is 0. The molecule has 0 atom stereocenters. The second kappa shape index (κ2) is 42.4. The molecule has 0 spiro atoms. The number of amides is 2. The van der Waals surface area contributed by atoms with Crippen molar-refractivity contribution in [3.63, 3.8) is 0 Å². The molecule has 4 nitrogen and oxygen atoms in total. The lowest BCUT2D eigenvalue weighted by atomic mass is 9.89. The quantitative estimate of drug-likeness (QED) is 0.177. The van der Waals surface area contributed by atoms with Crippen LogP contribution < -0.4 is 10.6 Å². The third-order valence-electron chi connectivity index (χ3n) is 8.12. The second-order valence-electron chi connectivity index (χ2n) is 13.6. The van der Waals surface area contributed by atoms with E-state index in [0.29, 0.717) is 0 Å². The molecule has 58 heavy (non-hydrogen) atoms. The Bertz CT molecular complexity index is 1310. The van der Waals surface area contributed by atoms with Crippen molar-refractivity contribution in [2.45, 2.75) is 177 Å². The van der Waals surface area contributed by atoms with Gasteiger partial charge >= 0.3 is 0 Å². The minimum Gasteiger partial charge on any atom is -0.326 e. The SMILES string of the molecule is CC.CC.CC.CC.CCC.CCC.CCC(C)(C)C(=O)Nc1ccccc1.CCC(C)(C)C(=O)Nc1ccccc1.CCc1ccc(-c2ccc(CC)cc2)cc1. The van der Waals surface area contributed by atoms with Gasteiger partial charge in [0, 0.05) is 22.2 Å². The van der Waals surface area contributed by atoms with E-state index >= 15 is 0 Å². The molecular weight excluding hydrogens is 709 g/mol. The summed E-state index contributed by atoms with van der Waals surface area (Å²) in [6.07, 6.45) is 6.39. The van der Waals surface area contributed by atoms with Crippen LogP contribution in [0.1, 0.15) is 175 Å². The maximum absolute atomic E-state index is 11.8. The first-order chi connectivity index (χ1) is 27.8. The van der Waals surface area contributed by atoms with Crippen molar-refractivity contribution in [2.75, 3.05) is 10.6 Å². The van der Waals surface area contributed by atoms with E-state index < -0.39 is 0 Å². The average Bonchev–Trinajstić information content (AvgIpc) is 3.28. The van der Waals surface area contributed by atoms with E-state index in [9.17, 15) is 9.59 Å². The highest BCUT2D eigenvalue weighted by Gasteiger charge is 2.25. The van der Waals surface area contributed by atoms with E-state index in [-0.39, 0.29) is 22.6 Å². The van der Waals surface area contributed by atoms with Gasteiger partial charge in [-0.25, -0.2) is 0 Å². The first-order valence-electron chi connectivity index (χ1n) is 22.7. The standard InChI is InChI=1S/C16H18.2C12H17NO.2C3H8.4C2H6/c1-3-13-5-9-15(10-6-13)16-11-7-14(4-2)8-12-16;2*1-4-12(2,3)11(14)13-10-8-6-5-7-9-10;2*1-3-2;4*1-2/h5-12H,3-4H2,1-2H3;2*5-9H,4H2,1-3H3,(H,13,14);2*3H2,1-2H3;4*1-2H3. The van der Waals surface area contributed by atoms with Crippen LogP contribution in [0.15, 0.2) is 109 Å². The summed E-state index contributed by atoms with van der Waals surface area (Å²) in [5.41, 5.74) is 6.53. The van der Waals surface area contributed by atoms with Gasteiger partial charge in [-0.1, -0.05) is 236 Å². The van der Waals surface area contributed by atoms with Crippen LogP contribution in [0.2, 0.25) is 0 Å². The number of hydrogen-bond donors (Lipinski definition) is 2. The van der Waals surface area contributed by atoms with E-state index in [2.05, 4.69) is 101 Å². The monoisotopic (exact) mass is 801 g/mol. The number of rotatable bonds is 9. The third kappa shape index (κ3) is 30.9. The van der Waals surface area contributed by atoms with Crippen molar-refractivity contribution in [1.82, 2.24) is 0 Å². The zero-order chi connectivity index (χ0) is 46.0. The van der Waals surface area contributed by atoms with Crippen LogP contribution in [0.4, 0.5) is 11.4 Å². The van der Waals surface area contributed by atoms with Crippen molar-refractivity contribution in [3.05, 3.63) is 120 Å². The number of carbonyl (C=O) groups is 2.